The van der Waals surface area contributed by atoms with Gasteiger partial charge in [0.2, 0.25) is 0 Å². The van der Waals surface area contributed by atoms with Gasteiger partial charge >= 0.3 is 0 Å². The van der Waals surface area contributed by atoms with Gasteiger partial charge in [0.1, 0.15) is 16.3 Å². The molecule has 34 heavy (non-hydrogen) atoms. The fourth-order valence-corrected chi connectivity index (χ4v) is 5.26. The van der Waals surface area contributed by atoms with Crippen molar-refractivity contribution in [3.05, 3.63) is 55.0 Å². The minimum Gasteiger partial charge on any atom is -0.396 e. The van der Waals surface area contributed by atoms with Crippen LogP contribution in [0.2, 0.25) is 0 Å². The van der Waals surface area contributed by atoms with E-state index in [-0.39, 0.29) is 6.61 Å². The molecule has 0 aliphatic heterocycles. The summed E-state index contributed by atoms with van der Waals surface area (Å²) in [5, 5.41) is 15.0. The van der Waals surface area contributed by atoms with E-state index >= 15 is 0 Å². The second-order valence-corrected chi connectivity index (χ2v) is 9.31. The summed E-state index contributed by atoms with van der Waals surface area (Å²) in [6.07, 6.45) is 7.24. The van der Waals surface area contributed by atoms with Crippen molar-refractivity contribution in [3.8, 4) is 33.3 Å². The van der Waals surface area contributed by atoms with E-state index in [2.05, 4.69) is 34.1 Å². The maximum atomic E-state index is 9.28. The van der Waals surface area contributed by atoms with Gasteiger partial charge in [0.05, 0.1) is 10.3 Å². The molecular weight excluding hydrogens is 446 g/mol. The predicted octanol–water partition coefficient (Wildman–Crippen LogP) is 4.37. The molecule has 174 valence electrons. The zero-order valence-corrected chi connectivity index (χ0v) is 20.3. The van der Waals surface area contributed by atoms with Crippen LogP contribution >= 0.6 is 11.3 Å². The van der Waals surface area contributed by atoms with Gasteiger partial charge in [0, 0.05) is 58.4 Å². The van der Waals surface area contributed by atoms with E-state index in [9.17, 15) is 5.11 Å². The fraction of sp³-hybridized carbons (Fsp3) is 0.280. The Morgan fingerprint density at radius 1 is 1.03 bits per heavy atom. The second-order valence-electron chi connectivity index (χ2n) is 8.31. The molecular formula is C25H27N7OS. The zero-order valence-electron chi connectivity index (χ0n) is 19.5. The second kappa shape index (κ2) is 9.36. The largest absolute Gasteiger partial charge is 0.396 e. The lowest BCUT2D eigenvalue weighted by Gasteiger charge is -2.20. The van der Waals surface area contributed by atoms with Crippen molar-refractivity contribution in [3.63, 3.8) is 0 Å². The van der Waals surface area contributed by atoms with Crippen LogP contribution in [0.5, 0.6) is 0 Å². The summed E-state index contributed by atoms with van der Waals surface area (Å²) in [5.74, 6) is 2.18. The molecule has 0 spiro atoms. The maximum absolute atomic E-state index is 9.28. The number of aliphatic hydroxyl groups is 1. The van der Waals surface area contributed by atoms with Crippen molar-refractivity contribution >= 4 is 27.4 Å². The van der Waals surface area contributed by atoms with Gasteiger partial charge in [-0.3, -0.25) is 4.68 Å². The number of thiophene rings is 1. The van der Waals surface area contributed by atoms with Crippen LogP contribution in [0.4, 0.5) is 5.82 Å². The molecule has 0 saturated heterocycles. The van der Waals surface area contributed by atoms with Crippen LogP contribution in [0, 0.1) is 0 Å². The van der Waals surface area contributed by atoms with Gasteiger partial charge in [-0.2, -0.15) is 5.10 Å². The Hall–Kier alpha value is -3.56. The average Bonchev–Trinajstić information content (AvgIpc) is 3.56. The lowest BCUT2D eigenvalue weighted by molar-refractivity contribution is 0.285. The van der Waals surface area contributed by atoms with E-state index in [1.165, 1.54) is 0 Å². The van der Waals surface area contributed by atoms with Gasteiger partial charge in [-0.1, -0.05) is 30.3 Å². The molecule has 0 aliphatic carbocycles. The molecule has 0 amide bonds. The SMILES string of the molecule is CN(CCCCO)c1nc(-c2nccn2C)nc2sc(-c3ccn(C)n3)c(-c3ccccc3)c12. The number of aromatic nitrogens is 6. The van der Waals surface area contributed by atoms with E-state index in [0.29, 0.717) is 5.82 Å². The molecule has 5 aromatic rings. The highest BCUT2D eigenvalue weighted by Crippen LogP contribution is 2.47. The van der Waals surface area contributed by atoms with Gasteiger partial charge in [-0.15, -0.1) is 11.3 Å². The molecule has 0 unspecified atom stereocenters. The van der Waals surface area contributed by atoms with Gasteiger partial charge in [0.25, 0.3) is 0 Å². The number of aryl methyl sites for hydroxylation is 2. The number of unbranched alkanes of at least 4 members (excludes halogenated alkanes) is 1. The Morgan fingerprint density at radius 3 is 2.53 bits per heavy atom. The monoisotopic (exact) mass is 473 g/mol. The number of hydrogen-bond acceptors (Lipinski definition) is 7. The summed E-state index contributed by atoms with van der Waals surface area (Å²) < 4.78 is 3.75. The van der Waals surface area contributed by atoms with Gasteiger partial charge in [-0.05, 0) is 24.5 Å². The lowest BCUT2D eigenvalue weighted by Crippen LogP contribution is -2.21. The average molecular weight is 474 g/mol. The number of benzene rings is 1. The standard InChI is InChI=1S/C25H27N7OS/c1-30(13-7-8-16-33)23-20-19(17-9-5-4-6-10-17)21(18-11-14-32(3)29-18)34-25(20)28-22(27-23)24-26-12-15-31(24)2/h4-6,9-12,14-15,33H,7-8,13,16H2,1-3H3. The van der Waals surface area contributed by atoms with Crippen molar-refractivity contribution in [2.75, 3.05) is 25.1 Å². The van der Waals surface area contributed by atoms with E-state index < -0.39 is 0 Å². The van der Waals surface area contributed by atoms with Crippen LogP contribution in [0.15, 0.2) is 55.0 Å². The van der Waals surface area contributed by atoms with E-state index in [1.54, 1.807) is 17.5 Å². The van der Waals surface area contributed by atoms with Gasteiger partial charge in [0.15, 0.2) is 11.6 Å². The van der Waals surface area contributed by atoms with Crippen LogP contribution in [0.25, 0.3) is 43.6 Å². The summed E-state index contributed by atoms with van der Waals surface area (Å²) in [6, 6.07) is 12.4. The third-order valence-electron chi connectivity index (χ3n) is 5.83. The minimum atomic E-state index is 0.184. The number of hydrogen-bond donors (Lipinski definition) is 1. The van der Waals surface area contributed by atoms with Crippen LogP contribution in [-0.2, 0) is 14.1 Å². The van der Waals surface area contributed by atoms with Crippen LogP contribution in [-0.4, -0.2) is 54.6 Å². The maximum Gasteiger partial charge on any atom is 0.199 e. The van der Waals surface area contributed by atoms with Crippen LogP contribution < -0.4 is 4.90 Å². The molecule has 5 rings (SSSR count). The summed E-state index contributed by atoms with van der Waals surface area (Å²) in [6.45, 7) is 0.957. The number of nitrogens with zero attached hydrogens (tertiary/aromatic N) is 7. The topological polar surface area (TPSA) is 84.9 Å². The molecule has 4 aromatic heterocycles. The summed E-state index contributed by atoms with van der Waals surface area (Å²) in [7, 11) is 5.93. The van der Waals surface area contributed by atoms with Crippen molar-refractivity contribution in [1.82, 2.24) is 29.3 Å². The lowest BCUT2D eigenvalue weighted by atomic mass is 10.0. The molecule has 0 radical (unpaired) electrons. The molecule has 1 N–H and O–H groups in total. The molecule has 0 aliphatic rings. The number of aliphatic hydroxyl groups excluding tert-OH is 1. The van der Waals surface area contributed by atoms with Gasteiger partial charge in [-0.25, -0.2) is 15.0 Å². The predicted molar refractivity (Wildman–Crippen MR) is 137 cm³/mol. The zero-order chi connectivity index (χ0) is 23.7. The van der Waals surface area contributed by atoms with Crippen molar-refractivity contribution < 1.29 is 5.11 Å². The van der Waals surface area contributed by atoms with E-state index in [4.69, 9.17) is 15.1 Å². The highest BCUT2D eigenvalue weighted by Gasteiger charge is 2.25. The van der Waals surface area contributed by atoms with E-state index in [1.807, 2.05) is 54.9 Å². The third kappa shape index (κ3) is 4.08. The fourth-order valence-electron chi connectivity index (χ4n) is 4.10. The first kappa shape index (κ1) is 22.2. The van der Waals surface area contributed by atoms with Crippen LogP contribution in [0.3, 0.4) is 0 Å². The smallest absolute Gasteiger partial charge is 0.199 e. The molecule has 1 aromatic carbocycles. The number of anilines is 1. The van der Waals surface area contributed by atoms with Crippen molar-refractivity contribution in [2.24, 2.45) is 14.1 Å². The highest BCUT2D eigenvalue weighted by atomic mass is 32.1. The molecule has 0 bridgehead atoms. The normalized spacial score (nSPS) is 11.4. The summed E-state index contributed by atoms with van der Waals surface area (Å²) >= 11 is 1.63. The Morgan fingerprint density at radius 2 is 1.85 bits per heavy atom. The molecule has 0 saturated carbocycles. The molecule has 9 heteroatoms. The Kier molecular flexibility index (Phi) is 6.12. The Bertz CT molecular complexity index is 1420. The first-order chi connectivity index (χ1) is 16.6. The Labute approximate surface area is 202 Å². The first-order valence-corrected chi connectivity index (χ1v) is 12.1. The number of fused-ring (bicyclic) bond motifs is 1. The summed E-state index contributed by atoms with van der Waals surface area (Å²) in [4.78, 5) is 18.6. The molecule has 8 nitrogen and oxygen atoms in total. The van der Waals surface area contributed by atoms with Crippen molar-refractivity contribution in [2.45, 2.75) is 12.8 Å². The summed E-state index contributed by atoms with van der Waals surface area (Å²) in [5.41, 5.74) is 3.11. The first-order valence-electron chi connectivity index (χ1n) is 11.3. The number of rotatable bonds is 8. The van der Waals surface area contributed by atoms with Gasteiger partial charge < -0.3 is 14.6 Å². The molecule has 4 heterocycles. The minimum absolute atomic E-state index is 0.184. The third-order valence-corrected chi connectivity index (χ3v) is 6.93. The van der Waals surface area contributed by atoms with E-state index in [0.717, 1.165) is 62.9 Å². The molecule has 0 fully saturated rings. The molecule has 0 atom stereocenters. The number of imidazole rings is 1. The Balaban J connectivity index is 1.80. The van der Waals surface area contributed by atoms with Crippen molar-refractivity contribution in [1.29, 1.82) is 0 Å². The van der Waals surface area contributed by atoms with Crippen LogP contribution in [0.1, 0.15) is 12.8 Å². The highest BCUT2D eigenvalue weighted by molar-refractivity contribution is 7.22. The quantitative estimate of drug-likeness (QED) is 0.337.